The first kappa shape index (κ1) is 12.5. The van der Waals surface area contributed by atoms with Gasteiger partial charge in [-0.1, -0.05) is 6.58 Å². The Morgan fingerprint density at radius 1 is 1.23 bits per heavy atom. The molecule has 0 N–H and O–H groups in total. The largest absolute Gasteiger partial charge is 0.502 e. The van der Waals surface area contributed by atoms with Crippen molar-refractivity contribution in [1.29, 1.82) is 0 Å². The van der Waals surface area contributed by atoms with E-state index in [1.54, 1.807) is 0 Å². The molecule has 0 rings (SSSR count). The zero-order chi connectivity index (χ0) is 9.94. The van der Waals surface area contributed by atoms with Crippen LogP contribution in [0.15, 0.2) is 12.8 Å². The summed E-state index contributed by atoms with van der Waals surface area (Å²) in [6.45, 7) is 9.45. The fourth-order valence-electron chi connectivity index (χ4n) is 1.00. The minimum atomic E-state index is -0.0802. The lowest BCUT2D eigenvalue weighted by molar-refractivity contribution is -0.141. The third-order valence-electron chi connectivity index (χ3n) is 1.52. The van der Waals surface area contributed by atoms with Gasteiger partial charge in [-0.15, -0.1) is 0 Å². The Balaban J connectivity index is 3.37. The highest BCUT2D eigenvalue weighted by Crippen LogP contribution is 2.04. The molecule has 0 aromatic rings. The maximum absolute atomic E-state index is 5.36. The van der Waals surface area contributed by atoms with Crippen LogP contribution in [0.4, 0.5) is 0 Å². The summed E-state index contributed by atoms with van der Waals surface area (Å²) in [6, 6.07) is 0. The van der Waals surface area contributed by atoms with Crippen molar-refractivity contribution < 1.29 is 14.2 Å². The maximum Gasteiger partial charge on any atom is 0.157 e. The quantitative estimate of drug-likeness (QED) is 0.316. The zero-order valence-electron chi connectivity index (χ0n) is 8.62. The van der Waals surface area contributed by atoms with Crippen LogP contribution in [-0.2, 0) is 14.2 Å². The molecule has 0 unspecified atom stereocenters. The van der Waals surface area contributed by atoms with Gasteiger partial charge >= 0.3 is 0 Å². The average molecular weight is 188 g/mol. The Bertz CT molecular complexity index is 109. The lowest BCUT2D eigenvalue weighted by atomic mass is 10.3. The molecule has 3 heteroatoms. The monoisotopic (exact) mass is 188 g/mol. The van der Waals surface area contributed by atoms with E-state index in [4.69, 9.17) is 14.2 Å². The molecule has 0 fully saturated rings. The molecular weight excluding hydrogens is 168 g/mol. The van der Waals surface area contributed by atoms with Crippen molar-refractivity contribution in [2.45, 2.75) is 33.0 Å². The van der Waals surface area contributed by atoms with E-state index >= 15 is 0 Å². The Hall–Kier alpha value is -0.540. The second-order valence-electron chi connectivity index (χ2n) is 2.52. The highest BCUT2D eigenvalue weighted by Gasteiger charge is 2.06. The van der Waals surface area contributed by atoms with Crippen molar-refractivity contribution in [3.8, 4) is 0 Å². The number of ether oxygens (including phenoxy) is 3. The van der Waals surface area contributed by atoms with Gasteiger partial charge in [0.25, 0.3) is 0 Å². The molecule has 0 aliphatic heterocycles. The number of hydrogen-bond donors (Lipinski definition) is 0. The van der Waals surface area contributed by atoms with Gasteiger partial charge in [0.1, 0.15) is 0 Å². The van der Waals surface area contributed by atoms with Crippen LogP contribution in [0.1, 0.15) is 26.7 Å². The molecule has 0 saturated carbocycles. The van der Waals surface area contributed by atoms with Gasteiger partial charge in [0.05, 0.1) is 12.9 Å². The van der Waals surface area contributed by atoms with E-state index < -0.39 is 0 Å². The molecule has 0 aromatic heterocycles. The van der Waals surface area contributed by atoms with E-state index in [0.29, 0.717) is 19.8 Å². The summed E-state index contributed by atoms with van der Waals surface area (Å²) in [5.74, 6) is 0. The lowest BCUT2D eigenvalue weighted by Gasteiger charge is -2.16. The molecule has 3 nitrogen and oxygen atoms in total. The van der Waals surface area contributed by atoms with E-state index in [1.807, 2.05) is 13.8 Å². The first-order chi connectivity index (χ1) is 6.35. The third kappa shape index (κ3) is 7.81. The topological polar surface area (TPSA) is 27.7 Å². The van der Waals surface area contributed by atoms with Crippen molar-refractivity contribution in [2.24, 2.45) is 0 Å². The molecular formula is C10H20O3. The summed E-state index contributed by atoms with van der Waals surface area (Å²) >= 11 is 0. The first-order valence-electron chi connectivity index (χ1n) is 4.80. The Labute approximate surface area is 80.7 Å². The molecule has 0 aliphatic rings. The predicted molar refractivity (Wildman–Crippen MR) is 52.4 cm³/mol. The minimum absolute atomic E-state index is 0.0802. The smallest absolute Gasteiger partial charge is 0.157 e. The highest BCUT2D eigenvalue weighted by atomic mass is 16.7. The average Bonchev–Trinajstić information content (AvgIpc) is 2.13. The van der Waals surface area contributed by atoms with Crippen LogP contribution in [-0.4, -0.2) is 26.1 Å². The van der Waals surface area contributed by atoms with Crippen molar-refractivity contribution in [2.75, 3.05) is 19.8 Å². The van der Waals surface area contributed by atoms with Gasteiger partial charge in [-0.25, -0.2) is 0 Å². The van der Waals surface area contributed by atoms with Crippen molar-refractivity contribution >= 4 is 0 Å². The van der Waals surface area contributed by atoms with Crippen LogP contribution in [0.2, 0.25) is 0 Å². The zero-order valence-corrected chi connectivity index (χ0v) is 8.62. The van der Waals surface area contributed by atoms with Crippen LogP contribution in [0.3, 0.4) is 0 Å². The summed E-state index contributed by atoms with van der Waals surface area (Å²) in [4.78, 5) is 0. The molecule has 0 bridgehead atoms. The molecule has 78 valence electrons. The van der Waals surface area contributed by atoms with E-state index in [-0.39, 0.29) is 6.29 Å². The Morgan fingerprint density at radius 3 is 2.31 bits per heavy atom. The van der Waals surface area contributed by atoms with Gasteiger partial charge in [0.2, 0.25) is 0 Å². The van der Waals surface area contributed by atoms with Crippen molar-refractivity contribution in [3.63, 3.8) is 0 Å². The fraction of sp³-hybridized carbons (Fsp3) is 0.800. The van der Waals surface area contributed by atoms with Gasteiger partial charge in [-0.05, 0) is 20.3 Å². The molecule has 0 saturated heterocycles. The SMILES string of the molecule is C=COCCCC(OCC)OCC. The van der Waals surface area contributed by atoms with Crippen molar-refractivity contribution in [1.82, 2.24) is 0 Å². The molecule has 0 heterocycles. The molecule has 0 aromatic carbocycles. The van der Waals surface area contributed by atoms with Crippen LogP contribution in [0.5, 0.6) is 0 Å². The van der Waals surface area contributed by atoms with Crippen LogP contribution < -0.4 is 0 Å². The fourth-order valence-corrected chi connectivity index (χ4v) is 1.00. The van der Waals surface area contributed by atoms with Gasteiger partial charge < -0.3 is 14.2 Å². The normalized spacial score (nSPS) is 10.4. The second-order valence-corrected chi connectivity index (χ2v) is 2.52. The van der Waals surface area contributed by atoms with Gasteiger partial charge in [-0.3, -0.25) is 0 Å². The summed E-state index contributed by atoms with van der Waals surface area (Å²) in [7, 11) is 0. The minimum Gasteiger partial charge on any atom is -0.502 e. The predicted octanol–water partition coefficient (Wildman–Crippen LogP) is 2.33. The molecule has 0 radical (unpaired) electrons. The summed E-state index contributed by atoms with van der Waals surface area (Å²) in [6.07, 6.45) is 3.17. The van der Waals surface area contributed by atoms with E-state index in [9.17, 15) is 0 Å². The lowest BCUT2D eigenvalue weighted by Crippen LogP contribution is -2.17. The van der Waals surface area contributed by atoms with E-state index in [0.717, 1.165) is 12.8 Å². The third-order valence-corrected chi connectivity index (χ3v) is 1.52. The highest BCUT2D eigenvalue weighted by molar-refractivity contribution is 4.51. The number of rotatable bonds is 9. The summed E-state index contributed by atoms with van der Waals surface area (Å²) < 4.78 is 15.7. The molecule has 13 heavy (non-hydrogen) atoms. The van der Waals surface area contributed by atoms with Crippen LogP contribution >= 0.6 is 0 Å². The van der Waals surface area contributed by atoms with Crippen LogP contribution in [0.25, 0.3) is 0 Å². The molecule has 0 spiro atoms. The first-order valence-corrected chi connectivity index (χ1v) is 4.80. The van der Waals surface area contributed by atoms with Crippen LogP contribution in [0, 0.1) is 0 Å². The summed E-state index contributed by atoms with van der Waals surface area (Å²) in [5.41, 5.74) is 0. The standard InChI is InChI=1S/C10H20O3/c1-4-11-9-7-8-10(12-5-2)13-6-3/h4,10H,1,5-9H2,2-3H3. The van der Waals surface area contributed by atoms with E-state index in [2.05, 4.69) is 6.58 Å². The second kappa shape index (κ2) is 9.55. The van der Waals surface area contributed by atoms with E-state index in [1.165, 1.54) is 6.26 Å². The van der Waals surface area contributed by atoms with Crippen molar-refractivity contribution in [3.05, 3.63) is 12.8 Å². The maximum atomic E-state index is 5.36. The van der Waals surface area contributed by atoms with Gasteiger partial charge in [0, 0.05) is 19.6 Å². The summed E-state index contributed by atoms with van der Waals surface area (Å²) in [5, 5.41) is 0. The van der Waals surface area contributed by atoms with Gasteiger partial charge in [0.15, 0.2) is 6.29 Å². The molecule has 0 atom stereocenters. The molecule has 0 amide bonds. The van der Waals surface area contributed by atoms with Gasteiger partial charge in [-0.2, -0.15) is 0 Å². The Morgan fingerprint density at radius 2 is 1.85 bits per heavy atom. The number of hydrogen-bond acceptors (Lipinski definition) is 3. The molecule has 0 aliphatic carbocycles. The Kier molecular flexibility index (Phi) is 9.15.